The second kappa shape index (κ2) is 6.40. The Balaban J connectivity index is 1.61. The number of aromatic amines is 1. The van der Waals surface area contributed by atoms with Crippen LogP contribution in [0.1, 0.15) is 35.8 Å². The number of aromatic nitrogens is 3. The van der Waals surface area contributed by atoms with E-state index >= 15 is 0 Å². The minimum atomic E-state index is -0.343. The van der Waals surface area contributed by atoms with Gasteiger partial charge in [-0.05, 0) is 37.5 Å². The highest BCUT2D eigenvalue weighted by molar-refractivity contribution is 5.79. The van der Waals surface area contributed by atoms with Gasteiger partial charge in [-0.2, -0.15) is 0 Å². The Bertz CT molecular complexity index is 1040. The highest BCUT2D eigenvalue weighted by Gasteiger charge is 2.31. The number of amides is 1. The summed E-state index contributed by atoms with van der Waals surface area (Å²) in [6, 6.07) is 9.28. The van der Waals surface area contributed by atoms with Crippen molar-refractivity contribution >= 4 is 11.6 Å². The Morgan fingerprint density at radius 1 is 1.35 bits per heavy atom. The van der Waals surface area contributed by atoms with Crippen LogP contribution in [0.4, 0.5) is 4.39 Å². The van der Waals surface area contributed by atoms with E-state index in [2.05, 4.69) is 10.1 Å². The van der Waals surface area contributed by atoms with Gasteiger partial charge in [-0.1, -0.05) is 12.1 Å². The van der Waals surface area contributed by atoms with E-state index in [0.29, 0.717) is 23.4 Å². The van der Waals surface area contributed by atoms with E-state index in [9.17, 15) is 14.0 Å². The van der Waals surface area contributed by atoms with E-state index in [1.165, 1.54) is 22.7 Å². The highest BCUT2D eigenvalue weighted by Crippen LogP contribution is 2.31. The molecule has 2 aromatic heterocycles. The third-order valence-corrected chi connectivity index (χ3v) is 4.77. The largest absolute Gasteiger partial charge is 0.334 e. The molecule has 0 radical (unpaired) electrons. The van der Waals surface area contributed by atoms with Crippen LogP contribution in [0.15, 0.2) is 41.2 Å². The topological polar surface area (TPSA) is 70.5 Å². The Morgan fingerprint density at radius 2 is 2.19 bits per heavy atom. The fourth-order valence-electron chi connectivity index (χ4n) is 3.61. The smallest absolute Gasteiger partial charge is 0.272 e. The summed E-state index contributed by atoms with van der Waals surface area (Å²) in [5, 5.41) is 3.08. The van der Waals surface area contributed by atoms with Crippen LogP contribution in [0.5, 0.6) is 0 Å². The molecule has 1 aliphatic rings. The molecule has 1 amide bonds. The number of halogens is 1. The number of benzene rings is 1. The molecule has 3 aromatic rings. The number of rotatable bonds is 3. The summed E-state index contributed by atoms with van der Waals surface area (Å²) in [6.07, 6.45) is 1.86. The second-order valence-electron chi connectivity index (χ2n) is 6.69. The Hall–Kier alpha value is -2.96. The zero-order chi connectivity index (χ0) is 18.3. The first-order valence-corrected chi connectivity index (χ1v) is 8.64. The number of hydrogen-bond acceptors (Lipinski definition) is 3. The zero-order valence-corrected chi connectivity index (χ0v) is 14.4. The molecule has 7 heteroatoms. The summed E-state index contributed by atoms with van der Waals surface area (Å²) < 4.78 is 14.8. The van der Waals surface area contributed by atoms with Crippen molar-refractivity contribution in [1.82, 2.24) is 19.5 Å². The van der Waals surface area contributed by atoms with Gasteiger partial charge in [-0.15, -0.1) is 0 Å². The summed E-state index contributed by atoms with van der Waals surface area (Å²) in [6.45, 7) is 2.42. The third kappa shape index (κ3) is 3.00. The molecule has 1 aliphatic heterocycles. The summed E-state index contributed by atoms with van der Waals surface area (Å²) >= 11 is 0. The Morgan fingerprint density at radius 3 is 3.00 bits per heavy atom. The monoisotopic (exact) mass is 354 g/mol. The Kier molecular flexibility index (Phi) is 4.06. The fraction of sp³-hybridized carbons (Fsp3) is 0.316. The van der Waals surface area contributed by atoms with Crippen molar-refractivity contribution in [3.63, 3.8) is 0 Å². The molecule has 0 unspecified atom stereocenters. The molecule has 1 atom stereocenters. The number of hydrogen-bond donors (Lipinski definition) is 1. The van der Waals surface area contributed by atoms with Crippen molar-refractivity contribution in [1.29, 1.82) is 0 Å². The van der Waals surface area contributed by atoms with Crippen LogP contribution < -0.4 is 5.56 Å². The number of nitrogens with zero attached hydrogens (tertiary/aromatic N) is 3. The molecule has 1 fully saturated rings. The molecular formula is C19H19FN4O2. The van der Waals surface area contributed by atoms with Gasteiger partial charge in [0.05, 0.1) is 18.2 Å². The lowest BCUT2D eigenvalue weighted by Crippen LogP contribution is -2.32. The molecule has 3 heterocycles. The second-order valence-corrected chi connectivity index (χ2v) is 6.69. The van der Waals surface area contributed by atoms with E-state index in [0.717, 1.165) is 18.5 Å². The first-order chi connectivity index (χ1) is 12.5. The van der Waals surface area contributed by atoms with Gasteiger partial charge in [0.15, 0.2) is 5.65 Å². The molecule has 4 rings (SSSR count). The van der Waals surface area contributed by atoms with Crippen molar-refractivity contribution in [3.8, 4) is 0 Å². The predicted molar refractivity (Wildman–Crippen MR) is 94.3 cm³/mol. The van der Waals surface area contributed by atoms with Crippen LogP contribution in [-0.4, -0.2) is 31.9 Å². The molecule has 1 aromatic carbocycles. The van der Waals surface area contributed by atoms with Gasteiger partial charge < -0.3 is 4.90 Å². The summed E-state index contributed by atoms with van der Waals surface area (Å²) in [4.78, 5) is 31.0. The van der Waals surface area contributed by atoms with Crippen molar-refractivity contribution in [2.45, 2.75) is 32.2 Å². The van der Waals surface area contributed by atoms with Crippen LogP contribution >= 0.6 is 0 Å². The quantitative estimate of drug-likeness (QED) is 0.785. The van der Waals surface area contributed by atoms with Gasteiger partial charge in [0, 0.05) is 24.4 Å². The lowest BCUT2D eigenvalue weighted by atomic mass is 10.1. The molecular weight excluding hydrogens is 335 g/mol. The number of likely N-dealkylation sites (tertiary alicyclic amines) is 1. The molecule has 134 valence electrons. The summed E-state index contributed by atoms with van der Waals surface area (Å²) in [7, 11) is 0. The summed E-state index contributed by atoms with van der Waals surface area (Å²) in [5.74, 6) is -0.391. The van der Waals surface area contributed by atoms with Crippen molar-refractivity contribution < 1.29 is 9.18 Å². The maximum Gasteiger partial charge on any atom is 0.272 e. The molecule has 0 aliphatic carbocycles. The van der Waals surface area contributed by atoms with Gasteiger partial charge in [-0.3, -0.25) is 14.7 Å². The van der Waals surface area contributed by atoms with Crippen LogP contribution in [0.25, 0.3) is 5.65 Å². The van der Waals surface area contributed by atoms with Gasteiger partial charge >= 0.3 is 0 Å². The van der Waals surface area contributed by atoms with E-state index in [4.69, 9.17) is 0 Å². The normalized spacial score (nSPS) is 17.2. The van der Waals surface area contributed by atoms with Gasteiger partial charge in [0.2, 0.25) is 5.91 Å². The number of fused-ring (bicyclic) bond motifs is 1. The van der Waals surface area contributed by atoms with Gasteiger partial charge in [0.1, 0.15) is 5.82 Å². The van der Waals surface area contributed by atoms with Crippen LogP contribution in [0.2, 0.25) is 0 Å². The van der Waals surface area contributed by atoms with Crippen LogP contribution in [-0.2, 0) is 11.2 Å². The first-order valence-electron chi connectivity index (χ1n) is 8.64. The molecule has 26 heavy (non-hydrogen) atoms. The van der Waals surface area contributed by atoms with Crippen molar-refractivity contribution in [3.05, 3.63) is 69.5 Å². The highest BCUT2D eigenvalue weighted by atomic mass is 19.1. The minimum Gasteiger partial charge on any atom is -0.334 e. The number of nitrogens with one attached hydrogen (secondary N) is 1. The lowest BCUT2D eigenvalue weighted by Gasteiger charge is -2.24. The Labute approximate surface area is 149 Å². The van der Waals surface area contributed by atoms with Crippen LogP contribution in [0, 0.1) is 12.7 Å². The number of carbonyl (C=O) groups is 1. The molecule has 1 N–H and O–H groups in total. The average Bonchev–Trinajstić information content (AvgIpc) is 3.20. The SMILES string of the molecule is Cc1cc(=O)n2[nH]c([C@H]3CCCN3C(=O)Cc3cccc(F)c3)cc2n1. The van der Waals surface area contributed by atoms with E-state index < -0.39 is 0 Å². The number of H-pyrrole nitrogens is 1. The molecule has 0 saturated carbocycles. The maximum absolute atomic E-state index is 13.4. The van der Waals surface area contributed by atoms with E-state index in [1.807, 2.05) is 6.07 Å². The molecule has 6 nitrogen and oxygen atoms in total. The van der Waals surface area contributed by atoms with Gasteiger partial charge in [0.25, 0.3) is 5.56 Å². The number of carbonyl (C=O) groups excluding carboxylic acids is 1. The standard InChI is InChI=1S/C19H19FN4O2/c1-12-8-19(26)24-17(21-12)11-15(22-24)16-6-3-7-23(16)18(25)10-13-4-2-5-14(20)9-13/h2,4-5,8-9,11,16,22H,3,6-7,10H2,1H3/t16-/m1/s1. The van der Waals surface area contributed by atoms with Crippen molar-refractivity contribution in [2.24, 2.45) is 0 Å². The maximum atomic E-state index is 13.4. The molecule has 1 saturated heterocycles. The zero-order valence-electron chi connectivity index (χ0n) is 14.4. The lowest BCUT2D eigenvalue weighted by molar-refractivity contribution is -0.131. The molecule has 0 bridgehead atoms. The summed E-state index contributed by atoms with van der Waals surface area (Å²) in [5.41, 5.74) is 2.49. The first kappa shape index (κ1) is 16.5. The van der Waals surface area contributed by atoms with Crippen LogP contribution in [0.3, 0.4) is 0 Å². The fourth-order valence-corrected chi connectivity index (χ4v) is 3.61. The molecule has 0 spiro atoms. The average molecular weight is 354 g/mol. The third-order valence-electron chi connectivity index (χ3n) is 4.77. The van der Waals surface area contributed by atoms with E-state index in [1.54, 1.807) is 24.0 Å². The number of aryl methyl sites for hydroxylation is 1. The van der Waals surface area contributed by atoms with Gasteiger partial charge in [-0.25, -0.2) is 13.9 Å². The van der Waals surface area contributed by atoms with E-state index in [-0.39, 0.29) is 29.7 Å². The predicted octanol–water partition coefficient (Wildman–Crippen LogP) is 2.38. The van der Waals surface area contributed by atoms with Crippen molar-refractivity contribution in [2.75, 3.05) is 6.54 Å². The minimum absolute atomic E-state index is 0.0479.